The SMILES string of the molecule is Cc1nnc(-c2ccc3nnc(NC(=O)C4CCC(N(C)C)CC4)cc3c2)s1. The van der Waals surface area contributed by atoms with Crippen LogP contribution in [-0.2, 0) is 4.79 Å². The van der Waals surface area contributed by atoms with E-state index in [0.29, 0.717) is 11.9 Å². The molecule has 2 heterocycles. The second-order valence-electron chi connectivity index (χ2n) is 7.59. The highest BCUT2D eigenvalue weighted by atomic mass is 32.1. The first-order valence-electron chi connectivity index (χ1n) is 9.55. The summed E-state index contributed by atoms with van der Waals surface area (Å²) >= 11 is 1.55. The lowest BCUT2D eigenvalue weighted by molar-refractivity contribution is -0.121. The maximum Gasteiger partial charge on any atom is 0.228 e. The van der Waals surface area contributed by atoms with Gasteiger partial charge in [0.2, 0.25) is 5.91 Å². The molecule has 1 aromatic carbocycles. The molecule has 0 atom stereocenters. The number of benzene rings is 1. The van der Waals surface area contributed by atoms with Crippen LogP contribution in [0.4, 0.5) is 5.82 Å². The monoisotopic (exact) mass is 396 g/mol. The van der Waals surface area contributed by atoms with Crippen molar-refractivity contribution in [3.05, 3.63) is 29.3 Å². The third-order valence-corrected chi connectivity index (χ3v) is 6.30. The number of hydrogen-bond donors (Lipinski definition) is 1. The number of fused-ring (bicyclic) bond motifs is 1. The largest absolute Gasteiger partial charge is 0.309 e. The van der Waals surface area contributed by atoms with Crippen LogP contribution in [0.15, 0.2) is 24.3 Å². The normalized spacial score (nSPS) is 19.9. The number of amides is 1. The Morgan fingerprint density at radius 1 is 1.07 bits per heavy atom. The van der Waals surface area contributed by atoms with E-state index in [1.54, 1.807) is 11.3 Å². The molecule has 0 unspecified atom stereocenters. The quantitative estimate of drug-likeness (QED) is 0.726. The zero-order valence-corrected chi connectivity index (χ0v) is 17.2. The lowest BCUT2D eigenvalue weighted by atomic mass is 9.85. The summed E-state index contributed by atoms with van der Waals surface area (Å²) in [5, 5.41) is 22.4. The summed E-state index contributed by atoms with van der Waals surface area (Å²) in [6.07, 6.45) is 3.94. The van der Waals surface area contributed by atoms with E-state index in [4.69, 9.17) is 0 Å². The molecule has 0 saturated heterocycles. The van der Waals surface area contributed by atoms with E-state index in [2.05, 4.69) is 44.7 Å². The van der Waals surface area contributed by atoms with Crippen molar-refractivity contribution in [3.8, 4) is 10.6 Å². The minimum Gasteiger partial charge on any atom is -0.309 e. The van der Waals surface area contributed by atoms with Gasteiger partial charge in [0.25, 0.3) is 0 Å². The van der Waals surface area contributed by atoms with Gasteiger partial charge in [0.1, 0.15) is 10.0 Å². The number of aromatic nitrogens is 4. The van der Waals surface area contributed by atoms with Crippen LogP contribution < -0.4 is 5.32 Å². The minimum absolute atomic E-state index is 0.0433. The van der Waals surface area contributed by atoms with Crippen molar-refractivity contribution in [1.82, 2.24) is 25.3 Å². The lowest BCUT2D eigenvalue weighted by Crippen LogP contribution is -2.35. The third kappa shape index (κ3) is 4.02. The lowest BCUT2D eigenvalue weighted by Gasteiger charge is -2.31. The number of rotatable bonds is 4. The molecule has 1 saturated carbocycles. The smallest absolute Gasteiger partial charge is 0.228 e. The summed E-state index contributed by atoms with van der Waals surface area (Å²) in [6, 6.07) is 8.36. The Bertz CT molecular complexity index is 993. The van der Waals surface area contributed by atoms with Gasteiger partial charge in [-0.15, -0.1) is 20.4 Å². The van der Waals surface area contributed by atoms with Gasteiger partial charge in [0.15, 0.2) is 5.82 Å². The molecule has 3 aromatic rings. The highest BCUT2D eigenvalue weighted by Crippen LogP contribution is 2.29. The molecule has 1 amide bonds. The molecule has 4 rings (SSSR count). The summed E-state index contributed by atoms with van der Waals surface area (Å²) in [6.45, 7) is 1.94. The number of carbonyl (C=O) groups is 1. The van der Waals surface area contributed by atoms with Gasteiger partial charge in [0.05, 0.1) is 5.52 Å². The van der Waals surface area contributed by atoms with E-state index in [0.717, 1.165) is 52.2 Å². The average Bonchev–Trinajstić information content (AvgIpc) is 3.14. The van der Waals surface area contributed by atoms with Crippen LogP contribution >= 0.6 is 11.3 Å². The van der Waals surface area contributed by atoms with E-state index in [1.807, 2.05) is 31.2 Å². The Balaban J connectivity index is 1.49. The molecule has 0 radical (unpaired) electrons. The first kappa shape index (κ1) is 18.9. The molecule has 146 valence electrons. The zero-order valence-electron chi connectivity index (χ0n) is 16.3. The summed E-state index contributed by atoms with van der Waals surface area (Å²) in [5.41, 5.74) is 1.78. The maximum absolute atomic E-state index is 12.7. The molecule has 2 aromatic heterocycles. The van der Waals surface area contributed by atoms with Crippen molar-refractivity contribution >= 4 is 34.0 Å². The van der Waals surface area contributed by atoms with Crippen LogP contribution in [0.3, 0.4) is 0 Å². The fraction of sp³-hybridized carbons (Fsp3) is 0.450. The van der Waals surface area contributed by atoms with E-state index < -0.39 is 0 Å². The Labute approximate surface area is 168 Å². The van der Waals surface area contributed by atoms with Crippen molar-refractivity contribution in [2.75, 3.05) is 19.4 Å². The molecule has 1 fully saturated rings. The first-order chi connectivity index (χ1) is 13.5. The molecular formula is C20H24N6OS. The highest BCUT2D eigenvalue weighted by molar-refractivity contribution is 7.14. The minimum atomic E-state index is 0.0433. The topological polar surface area (TPSA) is 83.9 Å². The molecule has 7 nitrogen and oxygen atoms in total. The fourth-order valence-electron chi connectivity index (χ4n) is 3.74. The average molecular weight is 397 g/mol. The number of hydrogen-bond acceptors (Lipinski definition) is 7. The molecule has 1 aliphatic carbocycles. The predicted molar refractivity (Wildman–Crippen MR) is 111 cm³/mol. The van der Waals surface area contributed by atoms with Crippen LogP contribution in [0.1, 0.15) is 30.7 Å². The molecule has 0 bridgehead atoms. The Morgan fingerprint density at radius 3 is 2.54 bits per heavy atom. The predicted octanol–water partition coefficient (Wildman–Crippen LogP) is 3.52. The second-order valence-corrected chi connectivity index (χ2v) is 8.77. The Kier molecular flexibility index (Phi) is 5.32. The maximum atomic E-state index is 12.7. The van der Waals surface area contributed by atoms with Gasteiger partial charge in [-0.3, -0.25) is 4.79 Å². The van der Waals surface area contributed by atoms with Gasteiger partial charge >= 0.3 is 0 Å². The van der Waals surface area contributed by atoms with Crippen LogP contribution in [0.25, 0.3) is 21.5 Å². The van der Waals surface area contributed by atoms with Crippen molar-refractivity contribution in [1.29, 1.82) is 0 Å². The second kappa shape index (κ2) is 7.89. The number of anilines is 1. The third-order valence-electron chi connectivity index (χ3n) is 5.41. The number of nitrogens with zero attached hydrogens (tertiary/aromatic N) is 5. The Hall–Kier alpha value is -2.45. The van der Waals surface area contributed by atoms with Crippen LogP contribution in [-0.4, -0.2) is 51.3 Å². The number of nitrogens with one attached hydrogen (secondary N) is 1. The van der Waals surface area contributed by atoms with Gasteiger partial charge in [-0.1, -0.05) is 11.3 Å². The van der Waals surface area contributed by atoms with Gasteiger partial charge in [-0.2, -0.15) is 0 Å². The van der Waals surface area contributed by atoms with E-state index in [-0.39, 0.29) is 11.8 Å². The first-order valence-corrected chi connectivity index (χ1v) is 10.4. The van der Waals surface area contributed by atoms with E-state index in [1.165, 1.54) is 0 Å². The molecular weight excluding hydrogens is 372 g/mol. The number of aryl methyl sites for hydroxylation is 1. The van der Waals surface area contributed by atoms with Gasteiger partial charge in [-0.25, -0.2) is 0 Å². The molecule has 0 spiro atoms. The fourth-order valence-corrected chi connectivity index (χ4v) is 4.42. The molecule has 28 heavy (non-hydrogen) atoms. The summed E-state index contributed by atoms with van der Waals surface area (Å²) in [7, 11) is 4.21. The van der Waals surface area contributed by atoms with Crippen LogP contribution in [0.2, 0.25) is 0 Å². The van der Waals surface area contributed by atoms with Gasteiger partial charge in [-0.05, 0) is 71.0 Å². The van der Waals surface area contributed by atoms with Crippen molar-refractivity contribution in [3.63, 3.8) is 0 Å². The van der Waals surface area contributed by atoms with Gasteiger partial charge < -0.3 is 10.2 Å². The standard InChI is InChI=1S/C20H24N6OS/c1-12-22-25-20(28-12)14-6-9-17-15(10-14)11-18(24-23-17)21-19(27)13-4-7-16(8-5-13)26(2)3/h6,9-11,13,16H,4-5,7-8H2,1-3H3,(H,21,24,27). The van der Waals surface area contributed by atoms with Crippen LogP contribution in [0, 0.1) is 12.8 Å². The molecule has 1 N–H and O–H groups in total. The molecule has 8 heteroatoms. The van der Waals surface area contributed by atoms with Gasteiger partial charge in [0, 0.05) is 22.9 Å². The van der Waals surface area contributed by atoms with E-state index in [9.17, 15) is 4.79 Å². The van der Waals surface area contributed by atoms with Crippen LogP contribution in [0.5, 0.6) is 0 Å². The van der Waals surface area contributed by atoms with Crippen molar-refractivity contribution in [2.45, 2.75) is 38.6 Å². The number of carbonyl (C=O) groups excluding carboxylic acids is 1. The highest BCUT2D eigenvalue weighted by Gasteiger charge is 2.27. The van der Waals surface area contributed by atoms with Crippen molar-refractivity contribution < 1.29 is 4.79 Å². The molecule has 0 aliphatic heterocycles. The summed E-state index contributed by atoms with van der Waals surface area (Å²) < 4.78 is 0. The molecule has 1 aliphatic rings. The summed E-state index contributed by atoms with van der Waals surface area (Å²) in [4.78, 5) is 14.9. The summed E-state index contributed by atoms with van der Waals surface area (Å²) in [5.74, 6) is 0.587. The Morgan fingerprint density at radius 2 is 1.86 bits per heavy atom. The zero-order chi connectivity index (χ0) is 19.7. The van der Waals surface area contributed by atoms with Crippen molar-refractivity contribution in [2.24, 2.45) is 5.92 Å². The van der Waals surface area contributed by atoms with E-state index >= 15 is 0 Å².